The first-order chi connectivity index (χ1) is 18.3. The monoisotopic (exact) mass is 574 g/mol. The van der Waals surface area contributed by atoms with E-state index in [1.807, 2.05) is 13.0 Å². The molecule has 0 amide bonds. The van der Waals surface area contributed by atoms with Gasteiger partial charge < -0.3 is 14.2 Å². The summed E-state index contributed by atoms with van der Waals surface area (Å²) in [5, 5.41) is 1.50. The molecule has 40 heavy (non-hydrogen) atoms. The number of carbonyl (C=O) groups excluding carboxylic acids is 2. The molecular formula is C30H39F5O5. The normalized spacial score (nSPS) is 14.5. The Kier molecular flexibility index (Phi) is 10.2. The molecule has 5 nitrogen and oxygen atoms in total. The molecule has 0 heterocycles. The van der Waals surface area contributed by atoms with Crippen LogP contribution in [0.3, 0.4) is 0 Å². The first-order valence-corrected chi connectivity index (χ1v) is 13.2. The topological polar surface area (TPSA) is 61.8 Å². The Hall–Kier alpha value is -2.91. The van der Waals surface area contributed by atoms with Crippen molar-refractivity contribution < 1.29 is 45.8 Å². The van der Waals surface area contributed by atoms with Gasteiger partial charge in [0.15, 0.2) is 13.2 Å². The zero-order valence-electron chi connectivity index (χ0n) is 24.1. The summed E-state index contributed by atoms with van der Waals surface area (Å²) in [4.78, 5) is 25.0. The Labute approximate surface area is 232 Å². The molecule has 2 rings (SSSR count). The average Bonchev–Trinajstić information content (AvgIpc) is 2.88. The van der Waals surface area contributed by atoms with Gasteiger partial charge in [0, 0.05) is 0 Å². The molecule has 0 bridgehead atoms. The SMILES string of the molecule is CCC(C)(C)CC(C)(C(=O)OCc1ccc2cc(OCC(=O)OCC(F)(F)C(F)(F)F)ccc2c1)C(C)(C)CC. The maximum Gasteiger partial charge on any atom is 0.456 e. The maximum atomic E-state index is 13.4. The summed E-state index contributed by atoms with van der Waals surface area (Å²) in [6.45, 7) is 11.8. The van der Waals surface area contributed by atoms with Gasteiger partial charge in [0.2, 0.25) is 0 Å². The van der Waals surface area contributed by atoms with E-state index >= 15 is 0 Å². The number of carbonyl (C=O) groups is 2. The fourth-order valence-electron chi connectivity index (χ4n) is 4.26. The highest BCUT2D eigenvalue weighted by molar-refractivity contribution is 5.85. The number of ether oxygens (including phenoxy) is 3. The molecule has 2 aromatic rings. The van der Waals surface area contributed by atoms with E-state index in [0.29, 0.717) is 11.8 Å². The summed E-state index contributed by atoms with van der Waals surface area (Å²) in [6, 6.07) is 10.2. The van der Waals surface area contributed by atoms with Crippen molar-refractivity contribution in [2.75, 3.05) is 13.2 Å². The van der Waals surface area contributed by atoms with E-state index < -0.39 is 36.7 Å². The quantitative estimate of drug-likeness (QED) is 0.178. The third kappa shape index (κ3) is 8.07. The Morgan fingerprint density at radius 1 is 0.800 bits per heavy atom. The van der Waals surface area contributed by atoms with Gasteiger partial charge in [-0.05, 0) is 65.1 Å². The van der Waals surface area contributed by atoms with Crippen LogP contribution in [-0.4, -0.2) is 37.3 Å². The molecule has 224 valence electrons. The Morgan fingerprint density at radius 3 is 1.98 bits per heavy atom. The van der Waals surface area contributed by atoms with Crippen molar-refractivity contribution in [1.29, 1.82) is 0 Å². The van der Waals surface area contributed by atoms with E-state index in [4.69, 9.17) is 9.47 Å². The molecule has 0 aliphatic carbocycles. The average molecular weight is 575 g/mol. The smallest absolute Gasteiger partial charge is 0.456 e. The number of hydrogen-bond donors (Lipinski definition) is 0. The van der Waals surface area contributed by atoms with Crippen molar-refractivity contribution in [2.24, 2.45) is 16.2 Å². The van der Waals surface area contributed by atoms with Crippen LogP contribution < -0.4 is 4.74 Å². The van der Waals surface area contributed by atoms with Gasteiger partial charge in [-0.3, -0.25) is 4.79 Å². The van der Waals surface area contributed by atoms with E-state index in [9.17, 15) is 31.5 Å². The molecule has 0 aliphatic heterocycles. The van der Waals surface area contributed by atoms with Crippen molar-refractivity contribution in [3.8, 4) is 5.75 Å². The molecule has 2 aromatic carbocycles. The number of hydrogen-bond acceptors (Lipinski definition) is 5. The molecule has 10 heteroatoms. The van der Waals surface area contributed by atoms with E-state index in [1.165, 1.54) is 6.07 Å². The number of benzene rings is 2. The van der Waals surface area contributed by atoms with Crippen molar-refractivity contribution in [2.45, 2.75) is 86.4 Å². The highest BCUT2D eigenvalue weighted by Gasteiger charge is 2.58. The molecule has 0 radical (unpaired) electrons. The van der Waals surface area contributed by atoms with E-state index in [-0.39, 0.29) is 29.2 Å². The van der Waals surface area contributed by atoms with E-state index in [0.717, 1.165) is 23.8 Å². The lowest BCUT2D eigenvalue weighted by Crippen LogP contribution is -2.45. The summed E-state index contributed by atoms with van der Waals surface area (Å²) in [5.74, 6) is -6.55. The molecule has 0 N–H and O–H groups in total. The van der Waals surface area contributed by atoms with Gasteiger partial charge in [0.1, 0.15) is 12.4 Å². The van der Waals surface area contributed by atoms with Crippen molar-refractivity contribution in [1.82, 2.24) is 0 Å². The molecule has 0 saturated heterocycles. The Bertz CT molecular complexity index is 1190. The van der Waals surface area contributed by atoms with Crippen LogP contribution in [0.1, 0.15) is 73.3 Å². The molecule has 1 atom stereocenters. The highest BCUT2D eigenvalue weighted by Crippen LogP contribution is 2.50. The lowest BCUT2D eigenvalue weighted by atomic mass is 9.58. The van der Waals surface area contributed by atoms with Crippen LogP contribution in [0.5, 0.6) is 5.75 Å². The number of alkyl halides is 5. The van der Waals surface area contributed by atoms with Gasteiger partial charge in [0.25, 0.3) is 0 Å². The lowest BCUT2D eigenvalue weighted by molar-refractivity contribution is -0.294. The van der Waals surface area contributed by atoms with Crippen LogP contribution in [-0.2, 0) is 25.7 Å². The summed E-state index contributed by atoms with van der Waals surface area (Å²) >= 11 is 0. The number of esters is 2. The third-order valence-corrected chi connectivity index (χ3v) is 8.05. The van der Waals surface area contributed by atoms with Gasteiger partial charge >= 0.3 is 24.0 Å². The van der Waals surface area contributed by atoms with Gasteiger partial charge in [-0.2, -0.15) is 22.0 Å². The lowest BCUT2D eigenvalue weighted by Gasteiger charge is -2.45. The van der Waals surface area contributed by atoms with Gasteiger partial charge in [-0.1, -0.05) is 66.2 Å². The molecule has 0 aliphatic rings. The van der Waals surface area contributed by atoms with Crippen LogP contribution in [0, 0.1) is 16.2 Å². The summed E-state index contributed by atoms with van der Waals surface area (Å²) < 4.78 is 77.4. The molecule has 0 saturated carbocycles. The number of rotatable bonds is 13. The van der Waals surface area contributed by atoms with Gasteiger partial charge in [-0.15, -0.1) is 0 Å². The van der Waals surface area contributed by atoms with Crippen LogP contribution in [0.2, 0.25) is 0 Å². The van der Waals surface area contributed by atoms with Crippen molar-refractivity contribution in [3.05, 3.63) is 42.0 Å². The first-order valence-electron chi connectivity index (χ1n) is 13.2. The molecule has 0 fully saturated rings. The highest BCUT2D eigenvalue weighted by atomic mass is 19.4. The van der Waals surface area contributed by atoms with Crippen LogP contribution in [0.25, 0.3) is 10.8 Å². The van der Waals surface area contributed by atoms with Gasteiger partial charge in [-0.25, -0.2) is 4.79 Å². The first kappa shape index (κ1) is 33.3. The van der Waals surface area contributed by atoms with E-state index in [1.54, 1.807) is 24.3 Å². The minimum Gasteiger partial charge on any atom is -0.482 e. The molecule has 0 aromatic heterocycles. The molecule has 0 spiro atoms. The zero-order valence-corrected chi connectivity index (χ0v) is 24.1. The predicted octanol–water partition coefficient (Wildman–Crippen LogP) is 8.27. The zero-order chi connectivity index (χ0) is 30.6. The summed E-state index contributed by atoms with van der Waals surface area (Å²) in [5.41, 5.74) is -0.223. The van der Waals surface area contributed by atoms with Gasteiger partial charge in [0.05, 0.1) is 5.41 Å². The molecule has 1 unspecified atom stereocenters. The van der Waals surface area contributed by atoms with Crippen molar-refractivity contribution >= 4 is 22.7 Å². The second-order valence-corrected chi connectivity index (χ2v) is 11.8. The standard InChI is InChI=1S/C30H39F5O5/c1-8-26(3,4)18-28(7,27(5,6)9-2)25(37)39-16-20-10-11-22-15-23(13-12-21(22)14-20)38-17-24(36)40-19-29(31,32)30(33,34)35/h10-15H,8-9,16-19H2,1-7H3. The fraction of sp³-hybridized carbons (Fsp3) is 0.600. The van der Waals surface area contributed by atoms with Crippen LogP contribution >= 0.6 is 0 Å². The van der Waals surface area contributed by atoms with Crippen molar-refractivity contribution in [3.63, 3.8) is 0 Å². The largest absolute Gasteiger partial charge is 0.482 e. The predicted molar refractivity (Wildman–Crippen MR) is 142 cm³/mol. The second kappa shape index (κ2) is 12.3. The third-order valence-electron chi connectivity index (χ3n) is 8.05. The minimum absolute atomic E-state index is 0.0339. The van der Waals surface area contributed by atoms with Crippen LogP contribution in [0.4, 0.5) is 22.0 Å². The molecular weight excluding hydrogens is 535 g/mol. The number of fused-ring (bicyclic) bond motifs is 1. The minimum atomic E-state index is -5.82. The fourth-order valence-corrected chi connectivity index (χ4v) is 4.26. The summed E-state index contributed by atoms with van der Waals surface area (Å²) in [7, 11) is 0. The Balaban J connectivity index is 2.05. The second-order valence-electron chi connectivity index (χ2n) is 11.8. The Morgan fingerprint density at radius 2 is 1.40 bits per heavy atom. The van der Waals surface area contributed by atoms with E-state index in [2.05, 4.69) is 46.3 Å². The summed E-state index contributed by atoms with van der Waals surface area (Å²) in [6.07, 6.45) is -3.38. The maximum absolute atomic E-state index is 13.4. The van der Waals surface area contributed by atoms with Crippen LogP contribution in [0.15, 0.2) is 36.4 Å². The number of halogens is 5.